The van der Waals surface area contributed by atoms with Crippen LogP contribution in [0.1, 0.15) is 26.3 Å². The maximum atomic E-state index is 11.9. The lowest BCUT2D eigenvalue weighted by atomic mass is 10.1. The Morgan fingerprint density at radius 2 is 2.00 bits per heavy atom. The molecule has 0 aliphatic carbocycles. The van der Waals surface area contributed by atoms with Gasteiger partial charge in [-0.15, -0.1) is 0 Å². The van der Waals surface area contributed by atoms with Crippen molar-refractivity contribution in [3.05, 3.63) is 40.2 Å². The Bertz CT molecular complexity index is 700. The largest absolute Gasteiger partial charge is 0.422 e. The maximum absolute atomic E-state index is 11.9. The molecule has 20 heavy (non-hydrogen) atoms. The van der Waals surface area contributed by atoms with Gasteiger partial charge in [0.15, 0.2) is 0 Å². The van der Waals surface area contributed by atoms with E-state index in [4.69, 9.17) is 9.62 Å². The molecule has 2 rings (SSSR count). The van der Waals surface area contributed by atoms with E-state index in [1.165, 1.54) is 0 Å². The first-order valence-electron chi connectivity index (χ1n) is 6.62. The molecule has 1 aromatic heterocycles. The summed E-state index contributed by atoms with van der Waals surface area (Å²) in [5, 5.41) is 12.6. The van der Waals surface area contributed by atoms with Gasteiger partial charge in [-0.2, -0.15) is 0 Å². The smallest absolute Gasteiger partial charge is 0.345 e. The molecule has 0 amide bonds. The first-order valence-corrected chi connectivity index (χ1v) is 6.62. The molecule has 0 spiro atoms. The standard InChI is InChI=1S/C15H18N2O3/c1-4-17(5-2)12-7-6-11-8-13(10(3)16-19)15(18)20-14(11)9-12/h6-9,19H,4-5H2,1-3H3. The van der Waals surface area contributed by atoms with E-state index in [0.29, 0.717) is 5.58 Å². The molecule has 0 saturated heterocycles. The van der Waals surface area contributed by atoms with Crippen molar-refractivity contribution in [2.45, 2.75) is 20.8 Å². The van der Waals surface area contributed by atoms with E-state index < -0.39 is 5.63 Å². The number of hydrogen-bond acceptors (Lipinski definition) is 5. The summed E-state index contributed by atoms with van der Waals surface area (Å²) in [5.74, 6) is 0. The van der Waals surface area contributed by atoms with E-state index in [1.807, 2.05) is 18.2 Å². The van der Waals surface area contributed by atoms with Gasteiger partial charge >= 0.3 is 5.63 Å². The zero-order valence-electron chi connectivity index (χ0n) is 11.9. The fraction of sp³-hybridized carbons (Fsp3) is 0.333. The van der Waals surface area contributed by atoms with E-state index in [0.717, 1.165) is 24.2 Å². The van der Waals surface area contributed by atoms with Crippen LogP contribution in [0.2, 0.25) is 0 Å². The first-order chi connectivity index (χ1) is 9.60. The van der Waals surface area contributed by atoms with Gasteiger partial charge in [-0.05, 0) is 39.0 Å². The summed E-state index contributed by atoms with van der Waals surface area (Å²) in [6, 6.07) is 7.44. The van der Waals surface area contributed by atoms with E-state index in [-0.39, 0.29) is 11.3 Å². The van der Waals surface area contributed by atoms with E-state index in [2.05, 4.69) is 23.9 Å². The third-order valence-electron chi connectivity index (χ3n) is 3.39. The molecule has 1 heterocycles. The normalized spacial score (nSPS) is 11.8. The lowest BCUT2D eigenvalue weighted by Crippen LogP contribution is -2.21. The van der Waals surface area contributed by atoms with Crippen LogP contribution in [-0.2, 0) is 0 Å². The van der Waals surface area contributed by atoms with Crippen molar-refractivity contribution in [1.29, 1.82) is 0 Å². The minimum absolute atomic E-state index is 0.244. The van der Waals surface area contributed by atoms with Crippen LogP contribution in [0.25, 0.3) is 11.0 Å². The molecule has 0 aliphatic heterocycles. The molecule has 2 aromatic rings. The number of anilines is 1. The van der Waals surface area contributed by atoms with Crippen LogP contribution in [0, 0.1) is 0 Å². The van der Waals surface area contributed by atoms with Crippen molar-refractivity contribution < 1.29 is 9.62 Å². The van der Waals surface area contributed by atoms with Gasteiger partial charge in [-0.1, -0.05) is 5.16 Å². The highest BCUT2D eigenvalue weighted by Crippen LogP contribution is 2.22. The summed E-state index contributed by atoms with van der Waals surface area (Å²) in [7, 11) is 0. The van der Waals surface area contributed by atoms with Crippen LogP contribution in [-0.4, -0.2) is 24.0 Å². The van der Waals surface area contributed by atoms with Crippen LogP contribution in [0.4, 0.5) is 5.69 Å². The Labute approximate surface area is 117 Å². The quantitative estimate of drug-likeness (QED) is 0.403. The first kappa shape index (κ1) is 14.1. The SMILES string of the molecule is CCN(CC)c1ccc2cc(C(C)=NO)c(=O)oc2c1. The summed E-state index contributed by atoms with van der Waals surface area (Å²) >= 11 is 0. The highest BCUT2D eigenvalue weighted by atomic mass is 16.4. The molecular weight excluding hydrogens is 256 g/mol. The Morgan fingerprint density at radius 3 is 2.60 bits per heavy atom. The molecule has 0 fully saturated rings. The van der Waals surface area contributed by atoms with Crippen LogP contribution in [0.3, 0.4) is 0 Å². The zero-order chi connectivity index (χ0) is 14.7. The molecule has 5 nitrogen and oxygen atoms in total. The second-order valence-electron chi connectivity index (χ2n) is 4.53. The van der Waals surface area contributed by atoms with Gasteiger partial charge in [0, 0.05) is 30.2 Å². The number of nitrogens with zero attached hydrogens (tertiary/aromatic N) is 2. The van der Waals surface area contributed by atoms with Crippen LogP contribution in [0.5, 0.6) is 0 Å². The summed E-state index contributed by atoms with van der Waals surface area (Å²) in [4.78, 5) is 14.1. The van der Waals surface area contributed by atoms with Crippen molar-refractivity contribution >= 4 is 22.4 Å². The van der Waals surface area contributed by atoms with Crippen molar-refractivity contribution in [1.82, 2.24) is 0 Å². The monoisotopic (exact) mass is 274 g/mol. The average molecular weight is 274 g/mol. The fourth-order valence-corrected chi connectivity index (χ4v) is 2.19. The summed E-state index contributed by atoms with van der Waals surface area (Å²) < 4.78 is 5.32. The molecule has 0 bridgehead atoms. The van der Waals surface area contributed by atoms with Gasteiger partial charge in [0.25, 0.3) is 0 Å². The molecule has 0 aliphatic rings. The van der Waals surface area contributed by atoms with Gasteiger partial charge in [0.1, 0.15) is 5.58 Å². The van der Waals surface area contributed by atoms with Gasteiger partial charge in [-0.25, -0.2) is 4.79 Å². The Kier molecular flexibility index (Phi) is 4.08. The Morgan fingerprint density at radius 1 is 1.30 bits per heavy atom. The molecule has 1 N–H and O–H groups in total. The van der Waals surface area contributed by atoms with Crippen LogP contribution < -0.4 is 10.5 Å². The molecule has 106 valence electrons. The molecule has 0 atom stereocenters. The summed E-state index contributed by atoms with van der Waals surface area (Å²) in [6.07, 6.45) is 0. The average Bonchev–Trinajstić information content (AvgIpc) is 2.47. The predicted molar refractivity (Wildman–Crippen MR) is 80.0 cm³/mol. The topological polar surface area (TPSA) is 66.0 Å². The van der Waals surface area contributed by atoms with Crippen molar-refractivity contribution in [3.63, 3.8) is 0 Å². The lowest BCUT2D eigenvalue weighted by molar-refractivity contribution is 0.319. The number of rotatable bonds is 4. The third kappa shape index (κ3) is 2.52. The second kappa shape index (κ2) is 5.77. The molecule has 0 radical (unpaired) electrons. The Balaban J connectivity index is 2.58. The lowest BCUT2D eigenvalue weighted by Gasteiger charge is -2.20. The van der Waals surface area contributed by atoms with Crippen molar-refractivity contribution in [3.8, 4) is 0 Å². The summed E-state index contributed by atoms with van der Waals surface area (Å²) in [6.45, 7) is 7.49. The third-order valence-corrected chi connectivity index (χ3v) is 3.39. The molecule has 1 aromatic carbocycles. The molecule has 0 unspecified atom stereocenters. The maximum Gasteiger partial charge on any atom is 0.345 e. The fourth-order valence-electron chi connectivity index (χ4n) is 2.19. The highest BCUT2D eigenvalue weighted by Gasteiger charge is 2.10. The van der Waals surface area contributed by atoms with Crippen LogP contribution in [0.15, 0.2) is 38.6 Å². The number of oxime groups is 1. The van der Waals surface area contributed by atoms with E-state index in [1.54, 1.807) is 13.0 Å². The molecule has 5 heteroatoms. The second-order valence-corrected chi connectivity index (χ2v) is 4.53. The zero-order valence-corrected chi connectivity index (χ0v) is 11.9. The van der Waals surface area contributed by atoms with Crippen molar-refractivity contribution in [2.75, 3.05) is 18.0 Å². The predicted octanol–water partition coefficient (Wildman–Crippen LogP) is 2.84. The van der Waals surface area contributed by atoms with Gasteiger partial charge in [-0.3, -0.25) is 0 Å². The van der Waals surface area contributed by atoms with Gasteiger partial charge in [0.2, 0.25) is 0 Å². The van der Waals surface area contributed by atoms with Gasteiger partial charge < -0.3 is 14.5 Å². The Hall–Kier alpha value is -2.30. The molecule has 0 saturated carbocycles. The van der Waals surface area contributed by atoms with Crippen molar-refractivity contribution in [2.24, 2.45) is 5.16 Å². The number of fused-ring (bicyclic) bond motifs is 1. The number of benzene rings is 1. The minimum Gasteiger partial charge on any atom is -0.422 e. The summed E-state index contributed by atoms with van der Waals surface area (Å²) in [5.41, 5.74) is 1.58. The molecular formula is C15H18N2O3. The minimum atomic E-state index is -0.496. The number of hydrogen-bond donors (Lipinski definition) is 1. The highest BCUT2D eigenvalue weighted by molar-refractivity contribution is 6.00. The van der Waals surface area contributed by atoms with Gasteiger partial charge in [0.05, 0.1) is 11.3 Å². The van der Waals surface area contributed by atoms with E-state index in [9.17, 15) is 4.79 Å². The van der Waals surface area contributed by atoms with E-state index >= 15 is 0 Å². The van der Waals surface area contributed by atoms with Crippen LogP contribution >= 0.6 is 0 Å².